The van der Waals surface area contributed by atoms with Crippen LogP contribution in [-0.2, 0) is 9.47 Å². The smallest absolute Gasteiger partial charge is 0.348 e. The lowest BCUT2D eigenvalue weighted by atomic mass is 10.0. The molecule has 0 fully saturated rings. The molecule has 1 aromatic carbocycles. The van der Waals surface area contributed by atoms with Gasteiger partial charge in [-0.05, 0) is 81.1 Å². The van der Waals surface area contributed by atoms with Gasteiger partial charge in [0.05, 0.1) is 20.8 Å². The average molecular weight is 825 g/mol. The van der Waals surface area contributed by atoms with Gasteiger partial charge in [-0.2, -0.15) is 0 Å². The second kappa shape index (κ2) is 17.7. The summed E-state index contributed by atoms with van der Waals surface area (Å²) in [6.45, 7) is 5.36. The Hall–Kier alpha value is -1.56. The van der Waals surface area contributed by atoms with Gasteiger partial charge in [0, 0.05) is 41.1 Å². The molecule has 0 atom stereocenters. The first-order valence-corrected chi connectivity index (χ1v) is 21.1. The number of hydrogen-bond donors (Lipinski definition) is 0. The minimum Gasteiger partial charge on any atom is -0.462 e. The number of fused-ring (bicyclic) bond motifs is 2. The molecular formula is C36H40Br2O4S4. The van der Waals surface area contributed by atoms with Crippen molar-refractivity contribution in [2.75, 3.05) is 13.2 Å². The average Bonchev–Trinajstić information content (AvgIpc) is 3.85. The van der Waals surface area contributed by atoms with Crippen LogP contribution < -0.4 is 0 Å². The first-order valence-electron chi connectivity index (χ1n) is 16.3. The molecule has 4 heterocycles. The maximum absolute atomic E-state index is 12.9. The Morgan fingerprint density at radius 1 is 0.565 bits per heavy atom. The molecule has 0 spiro atoms. The molecule has 0 amide bonds. The van der Waals surface area contributed by atoms with Gasteiger partial charge in [0.2, 0.25) is 0 Å². The molecule has 5 rings (SSSR count). The first kappa shape index (κ1) is 35.7. The van der Waals surface area contributed by atoms with Gasteiger partial charge < -0.3 is 9.47 Å². The third kappa shape index (κ3) is 8.91. The Balaban J connectivity index is 1.36. The number of ether oxygens (including phenoxy) is 2. The molecule has 0 N–H and O–H groups in total. The van der Waals surface area contributed by atoms with Crippen LogP contribution in [-0.4, -0.2) is 25.2 Å². The molecule has 5 aromatic rings. The predicted octanol–water partition coefficient (Wildman–Crippen LogP) is 14.1. The highest BCUT2D eigenvalue weighted by molar-refractivity contribution is 9.11. The second-order valence-corrected chi connectivity index (χ2v) is 18.5. The van der Waals surface area contributed by atoms with E-state index in [1.807, 2.05) is 24.3 Å². The minimum atomic E-state index is -0.248. The van der Waals surface area contributed by atoms with Crippen molar-refractivity contribution in [3.8, 4) is 20.9 Å². The van der Waals surface area contributed by atoms with E-state index < -0.39 is 0 Å². The van der Waals surface area contributed by atoms with Crippen molar-refractivity contribution < 1.29 is 19.1 Å². The molecule has 0 radical (unpaired) electrons. The Morgan fingerprint density at radius 3 is 1.37 bits per heavy atom. The number of carbonyl (C=O) groups is 2. The summed E-state index contributed by atoms with van der Waals surface area (Å²) in [5.41, 5.74) is 2.25. The van der Waals surface area contributed by atoms with E-state index in [2.05, 4.69) is 57.8 Å². The van der Waals surface area contributed by atoms with Gasteiger partial charge in [-0.3, -0.25) is 0 Å². The van der Waals surface area contributed by atoms with Crippen LogP contribution >= 0.6 is 77.2 Å². The molecule has 4 aromatic heterocycles. The van der Waals surface area contributed by atoms with Gasteiger partial charge in [-0.1, -0.05) is 78.1 Å². The van der Waals surface area contributed by atoms with Crippen molar-refractivity contribution in [2.45, 2.75) is 90.9 Å². The minimum absolute atomic E-state index is 0.248. The summed E-state index contributed by atoms with van der Waals surface area (Å²) in [5, 5.41) is 2.26. The summed E-state index contributed by atoms with van der Waals surface area (Å²) in [7, 11) is 0. The van der Waals surface area contributed by atoms with Crippen LogP contribution in [0.2, 0.25) is 0 Å². The predicted molar refractivity (Wildman–Crippen MR) is 207 cm³/mol. The third-order valence-electron chi connectivity index (χ3n) is 7.97. The van der Waals surface area contributed by atoms with Crippen molar-refractivity contribution in [2.24, 2.45) is 0 Å². The summed E-state index contributed by atoms with van der Waals surface area (Å²) in [5.74, 6) is -0.496. The number of thiophene rings is 4. The zero-order valence-electron chi connectivity index (χ0n) is 26.4. The quantitative estimate of drug-likeness (QED) is 0.0652. The van der Waals surface area contributed by atoms with E-state index in [1.165, 1.54) is 74.0 Å². The number of unbranched alkanes of at least 4 members (excludes halogenated alkanes) is 10. The Bertz CT molecular complexity index is 1580. The van der Waals surface area contributed by atoms with Crippen LogP contribution in [0.3, 0.4) is 0 Å². The van der Waals surface area contributed by atoms with E-state index in [1.54, 1.807) is 22.7 Å². The fourth-order valence-electron chi connectivity index (χ4n) is 5.60. The lowest BCUT2D eigenvalue weighted by Gasteiger charge is -2.09. The maximum atomic E-state index is 12.9. The van der Waals surface area contributed by atoms with E-state index in [4.69, 9.17) is 9.47 Å². The number of esters is 2. The molecule has 246 valence electrons. The monoisotopic (exact) mass is 822 g/mol. The van der Waals surface area contributed by atoms with Crippen molar-refractivity contribution in [3.63, 3.8) is 0 Å². The van der Waals surface area contributed by atoms with Crippen LogP contribution in [0.5, 0.6) is 0 Å². The van der Waals surface area contributed by atoms with Gasteiger partial charge in [0.1, 0.15) is 9.75 Å². The molecule has 4 nitrogen and oxygen atoms in total. The number of rotatable bonds is 18. The third-order valence-corrected chi connectivity index (χ3v) is 13.4. The highest BCUT2D eigenvalue weighted by atomic mass is 79.9. The Kier molecular flexibility index (Phi) is 13.8. The fraction of sp³-hybridized carbons (Fsp3) is 0.444. The summed E-state index contributed by atoms with van der Waals surface area (Å²) in [4.78, 5) is 29.2. The highest BCUT2D eigenvalue weighted by Crippen LogP contribution is 2.53. The molecule has 0 saturated heterocycles. The molecule has 0 aliphatic heterocycles. The molecule has 0 bridgehead atoms. The number of halogens is 2. The van der Waals surface area contributed by atoms with Crippen LogP contribution in [0, 0.1) is 0 Å². The number of hydrogen-bond acceptors (Lipinski definition) is 8. The molecule has 46 heavy (non-hydrogen) atoms. The van der Waals surface area contributed by atoms with Gasteiger partial charge in [0.25, 0.3) is 0 Å². The van der Waals surface area contributed by atoms with Crippen LogP contribution in [0.1, 0.15) is 110 Å². The summed E-state index contributed by atoms with van der Waals surface area (Å²) < 4.78 is 15.6. The standard InChI is InChI=1S/C36H40Br2O4S4/c1-3-5-7-9-11-13-19-41-35(39)27-17-15-25(43-27)31-23-21-29(37)46-34(23)32(24-22-30(38)45-33(24)31)26-16-18-28(44-26)36(40)42-20-14-12-10-8-6-4-2/h15-18,21-22H,3-14,19-20H2,1-2H3. The largest absolute Gasteiger partial charge is 0.462 e. The molecular weight excluding hydrogens is 784 g/mol. The highest BCUT2D eigenvalue weighted by Gasteiger charge is 2.24. The number of carbonyl (C=O) groups excluding carboxylic acids is 2. The van der Waals surface area contributed by atoms with Crippen LogP contribution in [0.4, 0.5) is 0 Å². The SMILES string of the molecule is CCCCCCCCOC(=O)c1ccc(-c2c3cc(Br)sc3c(-c3ccc(C(=O)OCCCCCCCC)s3)c3cc(Br)sc23)s1. The molecule has 0 unspecified atom stereocenters. The van der Waals surface area contributed by atoms with Crippen molar-refractivity contribution in [1.82, 2.24) is 0 Å². The Labute approximate surface area is 304 Å². The van der Waals surface area contributed by atoms with Gasteiger partial charge in [-0.15, -0.1) is 45.3 Å². The summed E-state index contributed by atoms with van der Waals surface area (Å²) in [6.07, 6.45) is 13.9. The lowest BCUT2D eigenvalue weighted by Crippen LogP contribution is -2.04. The normalized spacial score (nSPS) is 11.6. The molecule has 0 saturated carbocycles. The van der Waals surface area contributed by atoms with Crippen LogP contribution in [0.25, 0.3) is 41.1 Å². The van der Waals surface area contributed by atoms with Gasteiger partial charge in [-0.25, -0.2) is 9.59 Å². The molecule has 10 heteroatoms. The zero-order chi connectivity index (χ0) is 32.5. The van der Waals surface area contributed by atoms with Crippen molar-refractivity contribution in [3.05, 3.63) is 53.7 Å². The van der Waals surface area contributed by atoms with Crippen molar-refractivity contribution >= 4 is 109 Å². The first-order chi connectivity index (χ1) is 22.4. The Morgan fingerprint density at radius 2 is 0.957 bits per heavy atom. The summed E-state index contributed by atoms with van der Waals surface area (Å²) in [6, 6.07) is 12.2. The number of benzene rings is 1. The molecule has 0 aliphatic rings. The maximum Gasteiger partial charge on any atom is 0.348 e. The molecule has 0 aliphatic carbocycles. The summed E-state index contributed by atoms with van der Waals surface area (Å²) >= 11 is 13.9. The van der Waals surface area contributed by atoms with E-state index in [9.17, 15) is 9.59 Å². The van der Waals surface area contributed by atoms with Gasteiger partial charge >= 0.3 is 11.9 Å². The fourth-order valence-corrected chi connectivity index (χ4v) is 11.0. The van der Waals surface area contributed by atoms with E-state index in [0.29, 0.717) is 23.0 Å². The van der Waals surface area contributed by atoms with Crippen molar-refractivity contribution in [1.29, 1.82) is 0 Å². The zero-order valence-corrected chi connectivity index (χ0v) is 32.8. The second-order valence-electron chi connectivity index (χ2n) is 11.5. The van der Waals surface area contributed by atoms with Crippen LogP contribution in [0.15, 0.2) is 44.0 Å². The topological polar surface area (TPSA) is 52.6 Å². The van der Waals surface area contributed by atoms with E-state index >= 15 is 0 Å². The lowest BCUT2D eigenvalue weighted by molar-refractivity contribution is 0.0494. The van der Waals surface area contributed by atoms with E-state index in [-0.39, 0.29) is 11.9 Å². The van der Waals surface area contributed by atoms with E-state index in [0.717, 1.165) is 74.3 Å². The van der Waals surface area contributed by atoms with Gasteiger partial charge in [0.15, 0.2) is 0 Å².